The SMILES string of the molecule is N#Cc1ccccc1S(=O)(=O)N1CC[NH+](Cc2cccc(Cl)c2)CC1. The van der Waals surface area contributed by atoms with Gasteiger partial charge in [0.2, 0.25) is 10.0 Å². The molecule has 1 heterocycles. The topological polar surface area (TPSA) is 65.6 Å². The Kier molecular flexibility index (Phi) is 5.40. The van der Waals surface area contributed by atoms with Crippen LogP contribution >= 0.6 is 11.6 Å². The van der Waals surface area contributed by atoms with Crippen LogP contribution in [0.1, 0.15) is 11.1 Å². The fourth-order valence-electron chi connectivity index (χ4n) is 3.08. The molecule has 1 saturated heterocycles. The average Bonchev–Trinajstić information content (AvgIpc) is 2.62. The van der Waals surface area contributed by atoms with Crippen molar-refractivity contribution in [2.45, 2.75) is 11.4 Å². The van der Waals surface area contributed by atoms with Gasteiger partial charge < -0.3 is 4.90 Å². The van der Waals surface area contributed by atoms with Crippen molar-refractivity contribution in [2.75, 3.05) is 26.2 Å². The molecular formula is C18H19ClN3O2S+. The molecule has 2 aromatic carbocycles. The number of quaternary nitrogens is 1. The maximum absolute atomic E-state index is 12.8. The lowest BCUT2D eigenvalue weighted by Crippen LogP contribution is -3.13. The van der Waals surface area contributed by atoms with E-state index in [1.807, 2.05) is 30.3 Å². The Morgan fingerprint density at radius 1 is 1.12 bits per heavy atom. The van der Waals surface area contributed by atoms with Crippen LogP contribution in [0.5, 0.6) is 0 Å². The third-order valence-electron chi connectivity index (χ3n) is 4.40. The van der Waals surface area contributed by atoms with E-state index in [0.717, 1.165) is 25.2 Å². The largest absolute Gasteiger partial charge is 0.329 e. The Bertz CT molecular complexity index is 901. The van der Waals surface area contributed by atoms with Gasteiger partial charge >= 0.3 is 0 Å². The van der Waals surface area contributed by atoms with E-state index in [1.54, 1.807) is 12.1 Å². The van der Waals surface area contributed by atoms with Gasteiger partial charge in [0.1, 0.15) is 12.6 Å². The molecule has 0 radical (unpaired) electrons. The molecule has 130 valence electrons. The van der Waals surface area contributed by atoms with Gasteiger partial charge in [-0.25, -0.2) is 8.42 Å². The molecule has 25 heavy (non-hydrogen) atoms. The van der Waals surface area contributed by atoms with Crippen molar-refractivity contribution < 1.29 is 13.3 Å². The molecule has 1 fully saturated rings. The maximum Gasteiger partial charge on any atom is 0.244 e. The van der Waals surface area contributed by atoms with Crippen molar-refractivity contribution in [3.8, 4) is 6.07 Å². The summed E-state index contributed by atoms with van der Waals surface area (Å²) in [6.45, 7) is 3.15. The van der Waals surface area contributed by atoms with Gasteiger partial charge in [0, 0.05) is 10.6 Å². The van der Waals surface area contributed by atoms with Gasteiger partial charge in [-0.3, -0.25) is 0 Å². The Morgan fingerprint density at radius 2 is 1.84 bits per heavy atom. The van der Waals surface area contributed by atoms with Crippen molar-refractivity contribution in [1.29, 1.82) is 5.26 Å². The average molecular weight is 377 g/mol. The second kappa shape index (κ2) is 7.54. The first-order valence-electron chi connectivity index (χ1n) is 8.08. The van der Waals surface area contributed by atoms with E-state index in [2.05, 4.69) is 0 Å². The van der Waals surface area contributed by atoms with Crippen LogP contribution < -0.4 is 4.90 Å². The van der Waals surface area contributed by atoms with Gasteiger partial charge in [-0.2, -0.15) is 9.57 Å². The minimum absolute atomic E-state index is 0.0933. The highest BCUT2D eigenvalue weighted by Crippen LogP contribution is 2.19. The zero-order chi connectivity index (χ0) is 17.9. The summed E-state index contributed by atoms with van der Waals surface area (Å²) < 4.78 is 27.1. The Hall–Kier alpha value is -1.91. The van der Waals surface area contributed by atoms with Crippen molar-refractivity contribution in [3.63, 3.8) is 0 Å². The number of benzene rings is 2. The number of hydrogen-bond acceptors (Lipinski definition) is 3. The molecule has 7 heteroatoms. The quantitative estimate of drug-likeness (QED) is 0.874. The summed E-state index contributed by atoms with van der Waals surface area (Å²) in [4.78, 5) is 1.41. The number of sulfonamides is 1. The number of nitrogens with zero attached hydrogens (tertiary/aromatic N) is 2. The summed E-state index contributed by atoms with van der Waals surface area (Å²) >= 11 is 6.02. The molecule has 2 aromatic rings. The zero-order valence-corrected chi connectivity index (χ0v) is 15.2. The lowest BCUT2D eigenvalue weighted by atomic mass is 10.2. The van der Waals surface area contributed by atoms with Crippen molar-refractivity contribution in [3.05, 3.63) is 64.7 Å². The third kappa shape index (κ3) is 4.02. The van der Waals surface area contributed by atoms with Crippen LogP contribution in [0.15, 0.2) is 53.4 Å². The molecule has 0 atom stereocenters. The minimum Gasteiger partial charge on any atom is -0.329 e. The lowest BCUT2D eigenvalue weighted by molar-refractivity contribution is -0.917. The van der Waals surface area contributed by atoms with E-state index >= 15 is 0 Å². The van der Waals surface area contributed by atoms with Crippen LogP contribution in [0.2, 0.25) is 5.02 Å². The van der Waals surface area contributed by atoms with Gasteiger partial charge in [0.25, 0.3) is 0 Å². The molecule has 0 spiro atoms. The number of hydrogen-bond donors (Lipinski definition) is 1. The van der Waals surface area contributed by atoms with Crippen LogP contribution in [-0.4, -0.2) is 38.9 Å². The fourth-order valence-corrected chi connectivity index (χ4v) is 4.87. The highest BCUT2D eigenvalue weighted by atomic mass is 35.5. The summed E-state index contributed by atoms with van der Waals surface area (Å²) in [5.74, 6) is 0. The lowest BCUT2D eigenvalue weighted by Gasteiger charge is -2.31. The van der Waals surface area contributed by atoms with Gasteiger partial charge in [0.15, 0.2) is 0 Å². The number of rotatable bonds is 4. The second-order valence-corrected chi connectivity index (χ2v) is 8.41. The summed E-state index contributed by atoms with van der Waals surface area (Å²) in [7, 11) is -3.63. The molecule has 0 saturated carbocycles. The van der Waals surface area contributed by atoms with Gasteiger partial charge in [-0.1, -0.05) is 35.9 Å². The fraction of sp³-hybridized carbons (Fsp3) is 0.278. The summed E-state index contributed by atoms with van der Waals surface area (Å²) in [5, 5.41) is 9.87. The summed E-state index contributed by atoms with van der Waals surface area (Å²) in [5.41, 5.74) is 1.34. The molecule has 0 amide bonds. The van der Waals surface area contributed by atoms with E-state index in [9.17, 15) is 8.42 Å². The van der Waals surface area contributed by atoms with Crippen LogP contribution in [0.4, 0.5) is 0 Å². The van der Waals surface area contributed by atoms with Gasteiger partial charge in [0.05, 0.1) is 36.6 Å². The zero-order valence-electron chi connectivity index (χ0n) is 13.7. The van der Waals surface area contributed by atoms with Crippen LogP contribution in [0, 0.1) is 11.3 Å². The number of piperazine rings is 1. The molecule has 0 aliphatic carbocycles. The number of nitriles is 1. The predicted octanol–water partition coefficient (Wildman–Crippen LogP) is 1.30. The van der Waals surface area contributed by atoms with Crippen LogP contribution in [0.3, 0.4) is 0 Å². The molecule has 5 nitrogen and oxygen atoms in total. The molecule has 1 aliphatic rings. The van der Waals surface area contributed by atoms with E-state index in [-0.39, 0.29) is 10.5 Å². The molecule has 1 aliphatic heterocycles. The Balaban J connectivity index is 1.68. The third-order valence-corrected chi connectivity index (χ3v) is 6.59. The highest BCUT2D eigenvalue weighted by molar-refractivity contribution is 7.89. The predicted molar refractivity (Wildman–Crippen MR) is 95.8 cm³/mol. The van der Waals surface area contributed by atoms with E-state index in [0.29, 0.717) is 18.1 Å². The molecular weight excluding hydrogens is 358 g/mol. The van der Waals surface area contributed by atoms with Crippen molar-refractivity contribution in [1.82, 2.24) is 4.31 Å². The summed E-state index contributed by atoms with van der Waals surface area (Å²) in [6.07, 6.45) is 0. The molecule has 0 aromatic heterocycles. The minimum atomic E-state index is -3.63. The van der Waals surface area contributed by atoms with Gasteiger partial charge in [-0.15, -0.1) is 0 Å². The normalized spacial score (nSPS) is 16.5. The standard InChI is InChI=1S/C18H18ClN3O2S/c19-17-6-3-4-15(12-17)14-21-8-10-22(11-9-21)25(23,24)18-7-2-1-5-16(18)13-20/h1-7,12H,8-11,14H2/p+1. The Morgan fingerprint density at radius 3 is 2.52 bits per heavy atom. The molecule has 0 unspecified atom stereocenters. The van der Waals surface area contributed by atoms with E-state index < -0.39 is 10.0 Å². The van der Waals surface area contributed by atoms with Crippen LogP contribution in [-0.2, 0) is 16.6 Å². The summed E-state index contributed by atoms with van der Waals surface area (Å²) in [6, 6.07) is 16.1. The Labute approximate surface area is 153 Å². The first kappa shape index (κ1) is 17.9. The van der Waals surface area contributed by atoms with Crippen molar-refractivity contribution in [2.24, 2.45) is 0 Å². The number of halogens is 1. The molecule has 0 bridgehead atoms. The van der Waals surface area contributed by atoms with Crippen molar-refractivity contribution >= 4 is 21.6 Å². The smallest absolute Gasteiger partial charge is 0.244 e. The van der Waals surface area contributed by atoms with E-state index in [1.165, 1.54) is 21.3 Å². The highest BCUT2D eigenvalue weighted by Gasteiger charge is 2.31. The van der Waals surface area contributed by atoms with Gasteiger partial charge in [-0.05, 0) is 24.3 Å². The number of nitrogens with one attached hydrogen (secondary N) is 1. The molecule has 3 rings (SSSR count). The molecule has 1 N–H and O–H groups in total. The second-order valence-electron chi connectivity index (χ2n) is 6.07. The monoisotopic (exact) mass is 376 g/mol. The van der Waals surface area contributed by atoms with Crippen LogP contribution in [0.25, 0.3) is 0 Å². The van der Waals surface area contributed by atoms with E-state index in [4.69, 9.17) is 16.9 Å². The maximum atomic E-state index is 12.8. The first-order chi connectivity index (χ1) is 12.0. The first-order valence-corrected chi connectivity index (χ1v) is 9.90.